The second kappa shape index (κ2) is 5.36. The molecule has 1 aromatic heterocycles. The molecule has 1 unspecified atom stereocenters. The summed E-state index contributed by atoms with van der Waals surface area (Å²) >= 11 is 0. The lowest BCUT2D eigenvalue weighted by atomic mass is 9.99. The van der Waals surface area contributed by atoms with Crippen molar-refractivity contribution < 1.29 is 0 Å². The highest BCUT2D eigenvalue weighted by atomic mass is 15.3. The molecule has 18 heavy (non-hydrogen) atoms. The van der Waals surface area contributed by atoms with Gasteiger partial charge in [0.25, 0.3) is 0 Å². The Labute approximate surface area is 109 Å². The zero-order valence-electron chi connectivity index (χ0n) is 11.6. The molecule has 1 heterocycles. The molecule has 0 aliphatic heterocycles. The molecule has 0 spiro atoms. The molecule has 0 bridgehead atoms. The van der Waals surface area contributed by atoms with Crippen LogP contribution in [0.2, 0.25) is 0 Å². The van der Waals surface area contributed by atoms with E-state index < -0.39 is 0 Å². The predicted molar refractivity (Wildman–Crippen MR) is 74.7 cm³/mol. The fraction of sp³-hybridized carbons (Fsp3) is 0.400. The highest BCUT2D eigenvalue weighted by Gasteiger charge is 2.16. The quantitative estimate of drug-likeness (QED) is 0.895. The molecule has 2 aromatic rings. The lowest BCUT2D eigenvalue weighted by molar-refractivity contribution is 0.563. The fourth-order valence-corrected chi connectivity index (χ4v) is 2.28. The van der Waals surface area contributed by atoms with Gasteiger partial charge in [-0.2, -0.15) is 5.10 Å². The summed E-state index contributed by atoms with van der Waals surface area (Å²) < 4.78 is 2.04. The first-order valence-electron chi connectivity index (χ1n) is 6.43. The molecule has 96 valence electrons. The van der Waals surface area contributed by atoms with Gasteiger partial charge in [0.05, 0.1) is 11.7 Å². The number of hydrogen-bond donors (Lipinski definition) is 1. The Balaban J connectivity index is 2.42. The number of hydrogen-bond acceptors (Lipinski definition) is 2. The van der Waals surface area contributed by atoms with Crippen LogP contribution in [0.25, 0.3) is 0 Å². The molecule has 0 radical (unpaired) electrons. The van der Waals surface area contributed by atoms with E-state index in [2.05, 4.69) is 55.5 Å². The van der Waals surface area contributed by atoms with E-state index in [1.54, 1.807) is 0 Å². The van der Waals surface area contributed by atoms with Crippen molar-refractivity contribution in [3.8, 4) is 0 Å². The number of rotatable bonds is 4. The summed E-state index contributed by atoms with van der Waals surface area (Å²) in [5, 5.41) is 7.73. The largest absolute Gasteiger partial charge is 0.308 e. The first-order valence-corrected chi connectivity index (χ1v) is 6.43. The van der Waals surface area contributed by atoms with Crippen molar-refractivity contribution in [1.29, 1.82) is 0 Å². The first kappa shape index (κ1) is 12.8. The molecule has 1 N–H and O–H groups in total. The van der Waals surface area contributed by atoms with Gasteiger partial charge in [0.15, 0.2) is 0 Å². The van der Waals surface area contributed by atoms with Crippen LogP contribution in [0.5, 0.6) is 0 Å². The summed E-state index contributed by atoms with van der Waals surface area (Å²) in [6, 6.07) is 8.91. The summed E-state index contributed by atoms with van der Waals surface area (Å²) in [6.07, 6.45) is 1.87. The summed E-state index contributed by atoms with van der Waals surface area (Å²) in [4.78, 5) is 0. The minimum atomic E-state index is 0.201. The van der Waals surface area contributed by atoms with E-state index in [-0.39, 0.29) is 6.04 Å². The standard InChI is InChI=1S/C15H21N3/c1-5-18-14(8-9-17-18)15(16-4)13-7-6-11(2)12(3)10-13/h6-10,15-16H,5H2,1-4H3. The van der Waals surface area contributed by atoms with Crippen LogP contribution in [0.1, 0.15) is 35.3 Å². The highest BCUT2D eigenvalue weighted by molar-refractivity contribution is 5.35. The predicted octanol–water partition coefficient (Wildman–Crippen LogP) is 2.83. The molecule has 1 atom stereocenters. The summed E-state index contributed by atoms with van der Waals surface area (Å²) in [7, 11) is 1.99. The maximum absolute atomic E-state index is 4.35. The molecule has 3 nitrogen and oxygen atoms in total. The Kier molecular flexibility index (Phi) is 3.82. The van der Waals surface area contributed by atoms with Gasteiger partial charge in [0.1, 0.15) is 0 Å². The van der Waals surface area contributed by atoms with Gasteiger partial charge in [-0.25, -0.2) is 0 Å². The average molecular weight is 243 g/mol. The van der Waals surface area contributed by atoms with Crippen molar-refractivity contribution >= 4 is 0 Å². The summed E-state index contributed by atoms with van der Waals surface area (Å²) in [6.45, 7) is 7.31. The van der Waals surface area contributed by atoms with E-state index in [1.807, 2.05) is 17.9 Å². The van der Waals surface area contributed by atoms with E-state index in [1.165, 1.54) is 22.4 Å². The number of nitrogens with zero attached hydrogens (tertiary/aromatic N) is 2. The molecule has 3 heteroatoms. The molecule has 0 saturated heterocycles. The Morgan fingerprint density at radius 1 is 1.22 bits per heavy atom. The average Bonchev–Trinajstić information content (AvgIpc) is 2.83. The van der Waals surface area contributed by atoms with Crippen LogP contribution < -0.4 is 5.32 Å². The number of nitrogens with one attached hydrogen (secondary N) is 1. The smallest absolute Gasteiger partial charge is 0.0745 e. The Morgan fingerprint density at radius 3 is 2.61 bits per heavy atom. The molecule has 0 saturated carbocycles. The maximum atomic E-state index is 4.35. The second-order valence-electron chi connectivity index (χ2n) is 4.64. The molecule has 0 amide bonds. The molecular formula is C15H21N3. The summed E-state index contributed by atoms with van der Waals surface area (Å²) in [5.41, 5.74) is 5.16. The van der Waals surface area contributed by atoms with Crippen molar-refractivity contribution in [2.45, 2.75) is 33.4 Å². The van der Waals surface area contributed by atoms with Gasteiger partial charge in [-0.05, 0) is 50.6 Å². The van der Waals surface area contributed by atoms with E-state index in [4.69, 9.17) is 0 Å². The fourth-order valence-electron chi connectivity index (χ4n) is 2.28. The Bertz CT molecular complexity index is 528. The van der Waals surface area contributed by atoms with Crippen LogP contribution in [-0.2, 0) is 6.54 Å². The van der Waals surface area contributed by atoms with E-state index in [9.17, 15) is 0 Å². The number of aromatic nitrogens is 2. The minimum absolute atomic E-state index is 0.201. The van der Waals surface area contributed by atoms with Crippen molar-refractivity contribution in [3.63, 3.8) is 0 Å². The van der Waals surface area contributed by atoms with Gasteiger partial charge in [-0.15, -0.1) is 0 Å². The van der Waals surface area contributed by atoms with Crippen LogP contribution in [0.15, 0.2) is 30.5 Å². The SMILES string of the molecule is CCn1nccc1C(NC)c1ccc(C)c(C)c1. The monoisotopic (exact) mass is 243 g/mol. The molecule has 1 aromatic carbocycles. The van der Waals surface area contributed by atoms with Crippen molar-refractivity contribution in [3.05, 3.63) is 52.8 Å². The lowest BCUT2D eigenvalue weighted by Gasteiger charge is -2.19. The van der Waals surface area contributed by atoms with E-state index >= 15 is 0 Å². The van der Waals surface area contributed by atoms with Gasteiger partial charge < -0.3 is 5.32 Å². The van der Waals surface area contributed by atoms with Crippen LogP contribution in [0, 0.1) is 13.8 Å². The number of benzene rings is 1. The first-order chi connectivity index (χ1) is 8.67. The Hall–Kier alpha value is -1.61. The third-order valence-electron chi connectivity index (χ3n) is 3.50. The van der Waals surface area contributed by atoms with Crippen LogP contribution in [-0.4, -0.2) is 16.8 Å². The van der Waals surface area contributed by atoms with Crippen molar-refractivity contribution in [1.82, 2.24) is 15.1 Å². The zero-order valence-corrected chi connectivity index (χ0v) is 11.6. The van der Waals surface area contributed by atoms with Gasteiger partial charge in [-0.1, -0.05) is 18.2 Å². The summed E-state index contributed by atoms with van der Waals surface area (Å²) in [5.74, 6) is 0. The minimum Gasteiger partial charge on any atom is -0.308 e. The van der Waals surface area contributed by atoms with Crippen LogP contribution in [0.3, 0.4) is 0 Å². The zero-order chi connectivity index (χ0) is 13.1. The van der Waals surface area contributed by atoms with Gasteiger partial charge >= 0.3 is 0 Å². The molecule has 0 fully saturated rings. The topological polar surface area (TPSA) is 29.9 Å². The maximum Gasteiger partial charge on any atom is 0.0745 e. The lowest BCUT2D eigenvalue weighted by Crippen LogP contribution is -2.21. The second-order valence-corrected chi connectivity index (χ2v) is 4.64. The molecule has 0 aliphatic carbocycles. The van der Waals surface area contributed by atoms with Gasteiger partial charge in [-0.3, -0.25) is 4.68 Å². The third kappa shape index (κ3) is 2.31. The van der Waals surface area contributed by atoms with Crippen LogP contribution in [0.4, 0.5) is 0 Å². The highest BCUT2D eigenvalue weighted by Crippen LogP contribution is 2.23. The van der Waals surface area contributed by atoms with Crippen molar-refractivity contribution in [2.24, 2.45) is 0 Å². The normalized spacial score (nSPS) is 12.7. The molecule has 0 aliphatic rings. The Morgan fingerprint density at radius 2 is 2.00 bits per heavy atom. The number of aryl methyl sites for hydroxylation is 3. The molecular weight excluding hydrogens is 222 g/mol. The van der Waals surface area contributed by atoms with Crippen molar-refractivity contribution in [2.75, 3.05) is 7.05 Å². The van der Waals surface area contributed by atoms with Gasteiger partial charge in [0, 0.05) is 12.7 Å². The van der Waals surface area contributed by atoms with E-state index in [0.29, 0.717) is 0 Å². The van der Waals surface area contributed by atoms with Gasteiger partial charge in [0.2, 0.25) is 0 Å². The van der Waals surface area contributed by atoms with E-state index in [0.717, 1.165) is 6.54 Å². The third-order valence-corrected chi connectivity index (χ3v) is 3.50. The molecule has 2 rings (SSSR count). The van der Waals surface area contributed by atoms with Crippen LogP contribution >= 0.6 is 0 Å².